The molecule has 1 rings (SSSR count). The number of hydrogen-bond donors (Lipinski definition) is 1. The smallest absolute Gasteiger partial charge is 0.0700 e. The minimum atomic E-state index is 0.356. The second-order valence-corrected chi connectivity index (χ2v) is 4.62. The van der Waals surface area contributed by atoms with Crippen molar-refractivity contribution < 1.29 is 9.47 Å². The van der Waals surface area contributed by atoms with Crippen LogP contribution in [0.3, 0.4) is 0 Å². The van der Waals surface area contributed by atoms with Gasteiger partial charge in [-0.3, -0.25) is 4.68 Å². The van der Waals surface area contributed by atoms with Crippen LogP contribution in [0.25, 0.3) is 0 Å². The van der Waals surface area contributed by atoms with Crippen LogP contribution < -0.4 is 5.32 Å². The fraction of sp³-hybridized carbons (Fsp3) is 0.786. The summed E-state index contributed by atoms with van der Waals surface area (Å²) in [6.45, 7) is 8.38. The molecular weight excluding hydrogens is 242 g/mol. The lowest BCUT2D eigenvalue weighted by Gasteiger charge is -2.11. The standard InChI is InChI=1S/C14H27N3O2/c1-4-17-12-14(11-16-17)13(2)15-7-5-6-8-19-10-9-18-3/h11-13,15H,4-10H2,1-3H3. The maximum absolute atomic E-state index is 5.42. The Labute approximate surface area is 116 Å². The van der Waals surface area contributed by atoms with Gasteiger partial charge in [-0.05, 0) is 33.2 Å². The van der Waals surface area contributed by atoms with Crippen molar-refractivity contribution in [2.24, 2.45) is 0 Å². The van der Waals surface area contributed by atoms with Crippen molar-refractivity contribution >= 4 is 0 Å². The van der Waals surface area contributed by atoms with Crippen molar-refractivity contribution in [1.29, 1.82) is 0 Å². The monoisotopic (exact) mass is 269 g/mol. The summed E-state index contributed by atoms with van der Waals surface area (Å²) in [4.78, 5) is 0. The summed E-state index contributed by atoms with van der Waals surface area (Å²) in [5, 5.41) is 7.79. The molecule has 0 radical (unpaired) electrons. The molecule has 1 aromatic heterocycles. The summed E-state index contributed by atoms with van der Waals surface area (Å²) in [6.07, 6.45) is 6.25. The molecule has 1 unspecified atom stereocenters. The van der Waals surface area contributed by atoms with Crippen LogP contribution in [0.2, 0.25) is 0 Å². The van der Waals surface area contributed by atoms with Gasteiger partial charge in [-0.2, -0.15) is 5.10 Å². The summed E-state index contributed by atoms with van der Waals surface area (Å²) >= 11 is 0. The minimum Gasteiger partial charge on any atom is -0.382 e. The molecule has 0 aliphatic carbocycles. The number of hydrogen-bond acceptors (Lipinski definition) is 4. The van der Waals surface area contributed by atoms with E-state index >= 15 is 0 Å². The molecule has 0 saturated heterocycles. The quantitative estimate of drug-likeness (QED) is 0.624. The van der Waals surface area contributed by atoms with Gasteiger partial charge in [0.25, 0.3) is 0 Å². The number of rotatable bonds is 11. The molecule has 1 N–H and O–H groups in total. The fourth-order valence-electron chi connectivity index (χ4n) is 1.79. The first-order chi connectivity index (χ1) is 9.27. The molecule has 0 aromatic carbocycles. The Kier molecular flexibility index (Phi) is 8.45. The van der Waals surface area contributed by atoms with Gasteiger partial charge in [0.05, 0.1) is 19.4 Å². The highest BCUT2D eigenvalue weighted by Crippen LogP contribution is 2.10. The zero-order chi connectivity index (χ0) is 13.9. The molecule has 0 amide bonds. The lowest BCUT2D eigenvalue weighted by Crippen LogP contribution is -2.20. The Morgan fingerprint density at radius 2 is 2.16 bits per heavy atom. The molecule has 5 nitrogen and oxygen atoms in total. The van der Waals surface area contributed by atoms with Gasteiger partial charge >= 0.3 is 0 Å². The molecule has 0 aliphatic rings. The lowest BCUT2D eigenvalue weighted by molar-refractivity contribution is 0.0687. The van der Waals surface area contributed by atoms with Crippen LogP contribution in [0.1, 0.15) is 38.3 Å². The van der Waals surface area contributed by atoms with Crippen molar-refractivity contribution in [2.45, 2.75) is 39.3 Å². The molecule has 19 heavy (non-hydrogen) atoms. The molecule has 0 spiro atoms. The van der Waals surface area contributed by atoms with E-state index in [1.165, 1.54) is 5.56 Å². The number of nitrogens with zero attached hydrogens (tertiary/aromatic N) is 2. The van der Waals surface area contributed by atoms with Gasteiger partial charge in [0, 0.05) is 38.1 Å². The SMILES string of the molecule is CCn1cc(C(C)NCCCCOCCOC)cn1. The second kappa shape index (κ2) is 9.95. The molecular formula is C14H27N3O2. The molecule has 0 saturated carbocycles. The van der Waals surface area contributed by atoms with Crippen molar-refractivity contribution in [1.82, 2.24) is 15.1 Å². The van der Waals surface area contributed by atoms with Gasteiger partial charge in [0.15, 0.2) is 0 Å². The van der Waals surface area contributed by atoms with Crippen LogP contribution in [-0.2, 0) is 16.0 Å². The van der Waals surface area contributed by atoms with Crippen LogP contribution in [0.15, 0.2) is 12.4 Å². The van der Waals surface area contributed by atoms with E-state index in [4.69, 9.17) is 9.47 Å². The van der Waals surface area contributed by atoms with Gasteiger partial charge in [0.1, 0.15) is 0 Å². The number of aromatic nitrogens is 2. The first-order valence-corrected chi connectivity index (χ1v) is 7.10. The number of ether oxygens (including phenoxy) is 2. The summed E-state index contributed by atoms with van der Waals surface area (Å²) in [6, 6.07) is 0.356. The van der Waals surface area contributed by atoms with E-state index in [9.17, 15) is 0 Å². The van der Waals surface area contributed by atoms with Crippen LogP contribution in [0.5, 0.6) is 0 Å². The zero-order valence-corrected chi connectivity index (χ0v) is 12.4. The normalized spacial score (nSPS) is 12.8. The van der Waals surface area contributed by atoms with Crippen molar-refractivity contribution in [3.8, 4) is 0 Å². The Bertz CT molecular complexity index is 328. The number of unbranched alkanes of at least 4 members (excludes halogenated alkanes) is 1. The predicted molar refractivity (Wildman–Crippen MR) is 76.2 cm³/mol. The van der Waals surface area contributed by atoms with E-state index in [2.05, 4.69) is 30.5 Å². The van der Waals surface area contributed by atoms with Gasteiger partial charge in [0.2, 0.25) is 0 Å². The Hall–Kier alpha value is -0.910. The van der Waals surface area contributed by atoms with E-state index < -0.39 is 0 Å². The largest absolute Gasteiger partial charge is 0.382 e. The zero-order valence-electron chi connectivity index (χ0n) is 12.4. The third kappa shape index (κ3) is 6.71. The Morgan fingerprint density at radius 3 is 2.84 bits per heavy atom. The molecule has 0 fully saturated rings. The molecule has 0 bridgehead atoms. The predicted octanol–water partition coefficient (Wildman–Crippen LogP) is 2.00. The van der Waals surface area contributed by atoms with E-state index in [-0.39, 0.29) is 0 Å². The molecule has 1 atom stereocenters. The number of nitrogens with one attached hydrogen (secondary N) is 1. The number of aryl methyl sites for hydroxylation is 1. The summed E-state index contributed by atoms with van der Waals surface area (Å²) in [5.74, 6) is 0. The van der Waals surface area contributed by atoms with Crippen LogP contribution in [0.4, 0.5) is 0 Å². The molecule has 1 heterocycles. The third-order valence-corrected chi connectivity index (χ3v) is 3.07. The van der Waals surface area contributed by atoms with E-state index in [0.717, 1.165) is 32.5 Å². The third-order valence-electron chi connectivity index (χ3n) is 3.07. The van der Waals surface area contributed by atoms with Gasteiger partial charge in [-0.1, -0.05) is 0 Å². The van der Waals surface area contributed by atoms with Gasteiger partial charge in [-0.15, -0.1) is 0 Å². The van der Waals surface area contributed by atoms with E-state index in [0.29, 0.717) is 19.3 Å². The molecule has 5 heteroatoms. The Morgan fingerprint density at radius 1 is 1.32 bits per heavy atom. The first kappa shape index (κ1) is 16.1. The molecule has 0 aliphatic heterocycles. The summed E-state index contributed by atoms with van der Waals surface area (Å²) in [7, 11) is 1.69. The topological polar surface area (TPSA) is 48.3 Å². The Balaban J connectivity index is 2.02. The van der Waals surface area contributed by atoms with Crippen molar-refractivity contribution in [3.63, 3.8) is 0 Å². The number of methoxy groups -OCH3 is 1. The van der Waals surface area contributed by atoms with E-state index in [1.807, 2.05) is 10.9 Å². The molecule has 1 aromatic rings. The van der Waals surface area contributed by atoms with Crippen LogP contribution in [-0.4, -0.2) is 43.3 Å². The summed E-state index contributed by atoms with van der Waals surface area (Å²) < 4.78 is 12.3. The average molecular weight is 269 g/mol. The lowest BCUT2D eigenvalue weighted by atomic mass is 10.2. The van der Waals surface area contributed by atoms with Crippen molar-refractivity contribution in [2.75, 3.05) is 33.5 Å². The van der Waals surface area contributed by atoms with Crippen LogP contribution in [0, 0.1) is 0 Å². The average Bonchev–Trinajstić information content (AvgIpc) is 2.90. The van der Waals surface area contributed by atoms with Crippen molar-refractivity contribution in [3.05, 3.63) is 18.0 Å². The minimum absolute atomic E-state index is 0.356. The van der Waals surface area contributed by atoms with Gasteiger partial charge < -0.3 is 14.8 Å². The first-order valence-electron chi connectivity index (χ1n) is 7.10. The maximum Gasteiger partial charge on any atom is 0.0700 e. The van der Waals surface area contributed by atoms with Crippen LogP contribution >= 0.6 is 0 Å². The highest BCUT2D eigenvalue weighted by atomic mass is 16.5. The second-order valence-electron chi connectivity index (χ2n) is 4.62. The molecule has 110 valence electrons. The van der Waals surface area contributed by atoms with E-state index in [1.54, 1.807) is 7.11 Å². The highest BCUT2D eigenvalue weighted by molar-refractivity contribution is 5.08. The fourth-order valence-corrected chi connectivity index (χ4v) is 1.79. The van der Waals surface area contributed by atoms with Gasteiger partial charge in [-0.25, -0.2) is 0 Å². The summed E-state index contributed by atoms with van der Waals surface area (Å²) in [5.41, 5.74) is 1.25. The maximum atomic E-state index is 5.42. The highest BCUT2D eigenvalue weighted by Gasteiger charge is 2.06.